The van der Waals surface area contributed by atoms with Crippen molar-refractivity contribution in [3.05, 3.63) is 35.8 Å². The molecule has 2 N–H and O–H groups in total. The summed E-state index contributed by atoms with van der Waals surface area (Å²) in [6, 6.07) is 4.91. The molecule has 1 aromatic carbocycles. The van der Waals surface area contributed by atoms with Crippen molar-refractivity contribution in [2.45, 2.75) is 0 Å². The highest BCUT2D eigenvalue weighted by atomic mass is 19.1. The molecule has 76 valence electrons. The van der Waals surface area contributed by atoms with Crippen LogP contribution in [-0.4, -0.2) is 21.2 Å². The highest BCUT2D eigenvalue weighted by Crippen LogP contribution is 2.22. The van der Waals surface area contributed by atoms with E-state index in [1.807, 2.05) is 0 Å². The van der Waals surface area contributed by atoms with E-state index in [0.29, 0.717) is 5.39 Å². The number of carboxylic acid groups (broad SMARTS) is 1. The Morgan fingerprint density at radius 3 is 2.73 bits per heavy atom. The fourth-order valence-corrected chi connectivity index (χ4v) is 1.25. The molecule has 4 nitrogen and oxygen atoms in total. The van der Waals surface area contributed by atoms with Crippen LogP contribution >= 0.6 is 0 Å². The Bertz CT molecular complexity index is 554. The van der Waals surface area contributed by atoms with Crippen LogP contribution in [0.3, 0.4) is 0 Å². The summed E-state index contributed by atoms with van der Waals surface area (Å²) in [5, 5.41) is 18.2. The van der Waals surface area contributed by atoms with Crippen LogP contribution in [-0.2, 0) is 0 Å². The van der Waals surface area contributed by atoms with Gasteiger partial charge in [-0.3, -0.25) is 0 Å². The third-order valence-electron chi connectivity index (χ3n) is 1.98. The predicted octanol–water partition coefficient (Wildman–Crippen LogP) is 1.78. The number of nitrogens with zero attached hydrogens (tertiary/aromatic N) is 1. The topological polar surface area (TPSA) is 70.4 Å². The first kappa shape index (κ1) is 9.39. The number of fused-ring (bicyclic) bond motifs is 1. The third-order valence-corrected chi connectivity index (χ3v) is 1.98. The summed E-state index contributed by atoms with van der Waals surface area (Å²) < 4.78 is 12.9. The average Bonchev–Trinajstić information content (AvgIpc) is 2.19. The molecule has 0 radical (unpaired) electrons. The predicted molar refractivity (Wildman–Crippen MR) is 50.3 cm³/mol. The quantitative estimate of drug-likeness (QED) is 0.747. The summed E-state index contributed by atoms with van der Waals surface area (Å²) >= 11 is 0. The Hall–Kier alpha value is -2.17. The Balaban J connectivity index is 2.72. The zero-order chi connectivity index (χ0) is 11.0. The summed E-state index contributed by atoms with van der Waals surface area (Å²) in [6.45, 7) is 0. The van der Waals surface area contributed by atoms with Crippen molar-refractivity contribution in [2.24, 2.45) is 0 Å². The second kappa shape index (κ2) is 3.20. The van der Waals surface area contributed by atoms with Gasteiger partial charge in [0.1, 0.15) is 5.69 Å². The summed E-state index contributed by atoms with van der Waals surface area (Å²) in [4.78, 5) is 14.3. The van der Waals surface area contributed by atoms with Crippen molar-refractivity contribution >= 4 is 16.9 Å². The van der Waals surface area contributed by atoms with E-state index in [1.54, 1.807) is 0 Å². The molecule has 0 aliphatic carbocycles. The van der Waals surface area contributed by atoms with E-state index in [9.17, 15) is 9.18 Å². The maximum Gasteiger partial charge on any atom is 0.354 e. The monoisotopic (exact) mass is 207 g/mol. The van der Waals surface area contributed by atoms with Crippen molar-refractivity contribution < 1.29 is 19.4 Å². The van der Waals surface area contributed by atoms with Gasteiger partial charge in [-0.05, 0) is 12.1 Å². The molecule has 0 saturated heterocycles. The van der Waals surface area contributed by atoms with E-state index in [2.05, 4.69) is 4.98 Å². The third kappa shape index (κ3) is 1.59. The number of hydrogen-bond acceptors (Lipinski definition) is 3. The zero-order valence-corrected chi connectivity index (χ0v) is 7.44. The fourth-order valence-electron chi connectivity index (χ4n) is 1.25. The Morgan fingerprint density at radius 1 is 1.33 bits per heavy atom. The number of hydrogen-bond donors (Lipinski definition) is 2. The smallest absolute Gasteiger partial charge is 0.354 e. The molecule has 2 aromatic rings. The van der Waals surface area contributed by atoms with Crippen molar-refractivity contribution in [1.29, 1.82) is 0 Å². The number of aromatic carboxylic acids is 1. The van der Waals surface area contributed by atoms with E-state index in [1.165, 1.54) is 12.1 Å². The zero-order valence-electron chi connectivity index (χ0n) is 7.44. The molecule has 1 aromatic heterocycles. The lowest BCUT2D eigenvalue weighted by Crippen LogP contribution is -1.99. The molecule has 0 saturated carbocycles. The normalized spacial score (nSPS) is 10.5. The van der Waals surface area contributed by atoms with E-state index in [4.69, 9.17) is 10.2 Å². The lowest BCUT2D eigenvalue weighted by molar-refractivity contribution is 0.0691. The second-order valence-corrected chi connectivity index (χ2v) is 3.00. The highest BCUT2D eigenvalue weighted by Gasteiger charge is 2.08. The SMILES string of the molecule is O=C(O)c1ccc2cc(F)c(O)cc2n1. The van der Waals surface area contributed by atoms with Crippen LogP contribution in [0.15, 0.2) is 24.3 Å². The largest absolute Gasteiger partial charge is 0.505 e. The molecule has 0 atom stereocenters. The van der Waals surface area contributed by atoms with Crippen LogP contribution in [0.1, 0.15) is 10.5 Å². The van der Waals surface area contributed by atoms with E-state index >= 15 is 0 Å². The van der Waals surface area contributed by atoms with Crippen LogP contribution in [0.25, 0.3) is 10.9 Å². The number of phenolic OH excluding ortho intramolecular Hbond substituents is 1. The number of pyridine rings is 1. The summed E-state index contributed by atoms with van der Waals surface area (Å²) in [5.41, 5.74) is 0.0994. The first-order valence-electron chi connectivity index (χ1n) is 4.10. The Labute approximate surface area is 83.6 Å². The minimum Gasteiger partial charge on any atom is -0.505 e. The number of aromatic nitrogens is 1. The van der Waals surface area contributed by atoms with Crippen molar-refractivity contribution in [3.8, 4) is 5.75 Å². The molecule has 5 heteroatoms. The van der Waals surface area contributed by atoms with Gasteiger partial charge < -0.3 is 10.2 Å². The maximum atomic E-state index is 12.9. The van der Waals surface area contributed by atoms with Crippen LogP contribution < -0.4 is 0 Å². The van der Waals surface area contributed by atoms with Gasteiger partial charge in [-0.25, -0.2) is 14.2 Å². The molecule has 2 rings (SSSR count). The van der Waals surface area contributed by atoms with Crippen molar-refractivity contribution in [3.63, 3.8) is 0 Å². The van der Waals surface area contributed by atoms with Crippen LogP contribution in [0.4, 0.5) is 4.39 Å². The molecule has 0 spiro atoms. The number of halogens is 1. The van der Waals surface area contributed by atoms with E-state index in [0.717, 1.165) is 12.1 Å². The molecular formula is C10H6FNO3. The van der Waals surface area contributed by atoms with Crippen LogP contribution in [0, 0.1) is 5.82 Å². The van der Waals surface area contributed by atoms with Gasteiger partial charge in [-0.15, -0.1) is 0 Å². The molecule has 0 aliphatic heterocycles. The lowest BCUT2D eigenvalue weighted by atomic mass is 10.2. The molecule has 0 aliphatic rings. The molecule has 15 heavy (non-hydrogen) atoms. The van der Waals surface area contributed by atoms with Crippen LogP contribution in [0.5, 0.6) is 5.75 Å². The lowest BCUT2D eigenvalue weighted by Gasteiger charge is -2.00. The van der Waals surface area contributed by atoms with E-state index < -0.39 is 17.5 Å². The number of carbonyl (C=O) groups is 1. The van der Waals surface area contributed by atoms with Gasteiger partial charge in [0.15, 0.2) is 11.6 Å². The highest BCUT2D eigenvalue weighted by molar-refractivity contribution is 5.90. The summed E-state index contributed by atoms with van der Waals surface area (Å²) in [6.07, 6.45) is 0. The molecule has 0 amide bonds. The van der Waals surface area contributed by atoms with Crippen molar-refractivity contribution in [2.75, 3.05) is 0 Å². The maximum absolute atomic E-state index is 12.9. The standard InChI is InChI=1S/C10H6FNO3/c11-6-3-5-1-2-7(10(14)15)12-8(5)4-9(6)13/h1-4,13H,(H,14,15). The Kier molecular flexibility index (Phi) is 2.00. The summed E-state index contributed by atoms with van der Waals surface area (Å²) in [5.74, 6) is -2.47. The second-order valence-electron chi connectivity index (χ2n) is 3.00. The van der Waals surface area contributed by atoms with Gasteiger partial charge in [-0.2, -0.15) is 0 Å². The van der Waals surface area contributed by atoms with Gasteiger partial charge in [0.05, 0.1) is 5.52 Å². The first-order valence-corrected chi connectivity index (χ1v) is 4.10. The van der Waals surface area contributed by atoms with Gasteiger partial charge in [0, 0.05) is 11.5 Å². The van der Waals surface area contributed by atoms with Crippen molar-refractivity contribution in [1.82, 2.24) is 4.98 Å². The fraction of sp³-hybridized carbons (Fsp3) is 0. The molecule has 0 fully saturated rings. The average molecular weight is 207 g/mol. The van der Waals surface area contributed by atoms with Crippen LogP contribution in [0.2, 0.25) is 0 Å². The molecule has 1 heterocycles. The number of aromatic hydroxyl groups is 1. The van der Waals surface area contributed by atoms with Gasteiger partial charge in [0.2, 0.25) is 0 Å². The van der Waals surface area contributed by atoms with Gasteiger partial charge in [0.25, 0.3) is 0 Å². The number of phenols is 1. The Morgan fingerprint density at radius 2 is 2.07 bits per heavy atom. The van der Waals surface area contributed by atoms with E-state index in [-0.39, 0.29) is 11.2 Å². The molecule has 0 unspecified atom stereocenters. The first-order chi connectivity index (χ1) is 7.08. The number of benzene rings is 1. The minimum atomic E-state index is -1.17. The minimum absolute atomic E-state index is 0.145. The van der Waals surface area contributed by atoms with Gasteiger partial charge >= 0.3 is 5.97 Å². The molecular weight excluding hydrogens is 201 g/mol. The molecule has 0 bridgehead atoms. The summed E-state index contributed by atoms with van der Waals surface area (Å²) in [7, 11) is 0. The number of rotatable bonds is 1. The number of carboxylic acids is 1. The van der Waals surface area contributed by atoms with Gasteiger partial charge in [-0.1, -0.05) is 6.07 Å².